The third-order valence-corrected chi connectivity index (χ3v) is 5.52. The van der Waals surface area contributed by atoms with Crippen LogP contribution < -0.4 is 10.0 Å². The van der Waals surface area contributed by atoms with Gasteiger partial charge in [-0.25, -0.2) is 8.42 Å². The summed E-state index contributed by atoms with van der Waals surface area (Å²) in [5.74, 6) is 0.423. The number of rotatable bonds is 4. The van der Waals surface area contributed by atoms with Crippen LogP contribution in [0.15, 0.2) is 47.4 Å². The average Bonchev–Trinajstić information content (AvgIpc) is 2.86. The largest absolute Gasteiger partial charge is 0.382 e. The fourth-order valence-electron chi connectivity index (χ4n) is 2.84. The third kappa shape index (κ3) is 3.34. The Balaban J connectivity index is 1.83. The third-order valence-electron chi connectivity index (χ3n) is 4.14. The second-order valence-electron chi connectivity index (χ2n) is 6.45. The summed E-state index contributed by atoms with van der Waals surface area (Å²) in [6.07, 6.45) is 0.849. The van der Waals surface area contributed by atoms with Crippen molar-refractivity contribution in [1.29, 1.82) is 0 Å². The molecule has 2 aromatic carbocycles. The molecule has 2 aromatic rings. The zero-order valence-corrected chi connectivity index (χ0v) is 14.4. The van der Waals surface area contributed by atoms with Crippen molar-refractivity contribution < 1.29 is 8.42 Å². The maximum atomic E-state index is 12.6. The van der Waals surface area contributed by atoms with E-state index in [1.165, 1.54) is 5.56 Å². The first-order valence-corrected chi connectivity index (χ1v) is 9.36. The minimum atomic E-state index is -3.56. The van der Waals surface area contributed by atoms with E-state index in [0.29, 0.717) is 22.5 Å². The first kappa shape index (κ1) is 15.9. The summed E-state index contributed by atoms with van der Waals surface area (Å²) in [5, 5.41) is 3.33. The summed E-state index contributed by atoms with van der Waals surface area (Å²) in [6.45, 7) is 6.31. The van der Waals surface area contributed by atoms with E-state index in [0.717, 1.165) is 17.7 Å². The van der Waals surface area contributed by atoms with Gasteiger partial charge >= 0.3 is 0 Å². The molecule has 3 rings (SSSR count). The van der Waals surface area contributed by atoms with Crippen molar-refractivity contribution in [1.82, 2.24) is 0 Å². The Hall–Kier alpha value is -2.01. The highest BCUT2D eigenvalue weighted by atomic mass is 32.2. The molecule has 0 fully saturated rings. The van der Waals surface area contributed by atoms with Gasteiger partial charge < -0.3 is 5.32 Å². The molecule has 0 saturated carbocycles. The van der Waals surface area contributed by atoms with Crippen LogP contribution >= 0.6 is 0 Å². The highest BCUT2D eigenvalue weighted by molar-refractivity contribution is 7.92. The molecule has 0 aliphatic carbocycles. The van der Waals surface area contributed by atoms with E-state index in [-0.39, 0.29) is 0 Å². The van der Waals surface area contributed by atoms with Crippen molar-refractivity contribution in [2.45, 2.75) is 44.0 Å². The summed E-state index contributed by atoms with van der Waals surface area (Å²) in [7, 11) is -3.56. The predicted octanol–water partition coefficient (Wildman–Crippen LogP) is 3.97. The molecule has 0 saturated heterocycles. The standard InChI is InChI=1S/C18H22N2O2S/c1-12(2)14-4-6-16(7-5-14)20-23(21,22)17-8-9-18-15(11-17)10-13(3)19-18/h4-9,11-13,19-20H,10H2,1-3H3/t13-/m0/s1. The number of anilines is 2. The van der Waals surface area contributed by atoms with Gasteiger partial charge in [0.25, 0.3) is 10.0 Å². The zero-order valence-electron chi connectivity index (χ0n) is 13.6. The zero-order chi connectivity index (χ0) is 16.6. The topological polar surface area (TPSA) is 58.2 Å². The lowest BCUT2D eigenvalue weighted by molar-refractivity contribution is 0.601. The minimum absolute atomic E-state index is 0.306. The summed E-state index contributed by atoms with van der Waals surface area (Å²) in [5.41, 5.74) is 3.85. The molecule has 0 spiro atoms. The molecule has 1 aliphatic rings. The van der Waals surface area contributed by atoms with Gasteiger partial charge in [-0.3, -0.25) is 4.72 Å². The van der Waals surface area contributed by atoms with Crippen LogP contribution in [0.3, 0.4) is 0 Å². The fourth-order valence-corrected chi connectivity index (χ4v) is 3.95. The average molecular weight is 330 g/mol. The van der Waals surface area contributed by atoms with Gasteiger partial charge in [0, 0.05) is 17.4 Å². The second-order valence-corrected chi connectivity index (χ2v) is 8.13. The molecule has 0 amide bonds. The van der Waals surface area contributed by atoms with Gasteiger partial charge in [0.15, 0.2) is 0 Å². The minimum Gasteiger partial charge on any atom is -0.382 e. The number of nitrogens with one attached hydrogen (secondary N) is 2. The number of hydrogen-bond acceptors (Lipinski definition) is 3. The lowest BCUT2D eigenvalue weighted by Gasteiger charge is -2.11. The second kappa shape index (κ2) is 5.89. The Kier molecular flexibility index (Phi) is 4.06. The van der Waals surface area contributed by atoms with Crippen molar-refractivity contribution >= 4 is 21.4 Å². The van der Waals surface area contributed by atoms with Gasteiger partial charge in [-0.2, -0.15) is 0 Å². The first-order valence-electron chi connectivity index (χ1n) is 7.87. The highest BCUT2D eigenvalue weighted by Crippen LogP contribution is 2.29. The number of hydrogen-bond donors (Lipinski definition) is 2. The molecule has 0 bridgehead atoms. The Morgan fingerprint density at radius 3 is 2.48 bits per heavy atom. The van der Waals surface area contributed by atoms with Crippen LogP contribution in [0.2, 0.25) is 0 Å². The molecule has 1 atom stereocenters. The lowest BCUT2D eigenvalue weighted by Crippen LogP contribution is -2.13. The van der Waals surface area contributed by atoms with Gasteiger partial charge in [0.05, 0.1) is 4.90 Å². The van der Waals surface area contributed by atoms with Crippen molar-refractivity contribution in [2.24, 2.45) is 0 Å². The SMILES string of the molecule is CC(C)c1ccc(NS(=O)(=O)c2ccc3c(c2)C[C@H](C)N3)cc1. The summed E-state index contributed by atoms with van der Waals surface area (Å²) in [6, 6.07) is 13.1. The van der Waals surface area contributed by atoms with Crippen LogP contribution in [-0.2, 0) is 16.4 Å². The Labute approximate surface area is 138 Å². The summed E-state index contributed by atoms with van der Waals surface area (Å²) >= 11 is 0. The molecule has 122 valence electrons. The van der Waals surface area contributed by atoms with E-state index in [1.54, 1.807) is 12.1 Å². The van der Waals surface area contributed by atoms with Crippen LogP contribution in [0, 0.1) is 0 Å². The molecule has 1 heterocycles. The monoisotopic (exact) mass is 330 g/mol. The van der Waals surface area contributed by atoms with Crippen LogP contribution in [-0.4, -0.2) is 14.5 Å². The normalized spacial score (nSPS) is 17.0. The predicted molar refractivity (Wildman–Crippen MR) is 94.6 cm³/mol. The molecule has 23 heavy (non-hydrogen) atoms. The van der Waals surface area contributed by atoms with Crippen molar-refractivity contribution in [3.63, 3.8) is 0 Å². The number of fused-ring (bicyclic) bond motifs is 1. The molecule has 5 heteroatoms. The Bertz CT molecular complexity index is 811. The van der Waals surface area contributed by atoms with Crippen molar-refractivity contribution in [3.05, 3.63) is 53.6 Å². The van der Waals surface area contributed by atoms with E-state index in [4.69, 9.17) is 0 Å². The van der Waals surface area contributed by atoms with Gasteiger partial charge in [-0.1, -0.05) is 26.0 Å². The van der Waals surface area contributed by atoms with E-state index >= 15 is 0 Å². The van der Waals surface area contributed by atoms with Gasteiger partial charge in [-0.15, -0.1) is 0 Å². The van der Waals surface area contributed by atoms with Crippen molar-refractivity contribution in [3.8, 4) is 0 Å². The van der Waals surface area contributed by atoms with Crippen LogP contribution in [0.4, 0.5) is 11.4 Å². The van der Waals surface area contributed by atoms with Crippen molar-refractivity contribution in [2.75, 3.05) is 10.0 Å². The molecule has 4 nitrogen and oxygen atoms in total. The van der Waals surface area contributed by atoms with Gasteiger partial charge in [-0.05, 0) is 60.7 Å². The van der Waals surface area contributed by atoms with Crippen LogP contribution in [0.25, 0.3) is 0 Å². The number of sulfonamides is 1. The molecule has 0 aromatic heterocycles. The summed E-state index contributed by atoms with van der Waals surface area (Å²) in [4.78, 5) is 0.306. The molecule has 0 radical (unpaired) electrons. The van der Waals surface area contributed by atoms with E-state index < -0.39 is 10.0 Å². The maximum Gasteiger partial charge on any atom is 0.261 e. The Morgan fingerprint density at radius 2 is 1.83 bits per heavy atom. The van der Waals surface area contributed by atoms with E-state index in [2.05, 4.69) is 30.8 Å². The molecule has 0 unspecified atom stereocenters. The van der Waals surface area contributed by atoms with Crippen LogP contribution in [0.5, 0.6) is 0 Å². The first-order chi connectivity index (χ1) is 10.8. The fraction of sp³-hybridized carbons (Fsp3) is 0.333. The smallest absolute Gasteiger partial charge is 0.261 e. The lowest BCUT2D eigenvalue weighted by atomic mass is 10.0. The van der Waals surface area contributed by atoms with Crippen LogP contribution in [0.1, 0.15) is 37.8 Å². The van der Waals surface area contributed by atoms with Gasteiger partial charge in [0.1, 0.15) is 0 Å². The highest BCUT2D eigenvalue weighted by Gasteiger charge is 2.21. The van der Waals surface area contributed by atoms with Gasteiger partial charge in [0.2, 0.25) is 0 Å². The molecule has 2 N–H and O–H groups in total. The summed E-state index contributed by atoms with van der Waals surface area (Å²) < 4.78 is 27.8. The van der Waals surface area contributed by atoms with E-state index in [9.17, 15) is 8.42 Å². The Morgan fingerprint density at radius 1 is 1.13 bits per heavy atom. The number of benzene rings is 2. The quantitative estimate of drug-likeness (QED) is 0.892. The van der Waals surface area contributed by atoms with E-state index in [1.807, 2.05) is 30.3 Å². The molecular weight excluding hydrogens is 308 g/mol. The maximum absolute atomic E-state index is 12.6. The molecular formula is C18H22N2O2S. The molecule has 1 aliphatic heterocycles.